The zero-order chi connectivity index (χ0) is 10.4. The largest absolute Gasteiger partial charge is 0.462 e. The zero-order valence-electron chi connectivity index (χ0n) is 9.01. The van der Waals surface area contributed by atoms with E-state index in [1.54, 1.807) is 0 Å². The molecule has 0 saturated carbocycles. The van der Waals surface area contributed by atoms with Gasteiger partial charge >= 0.3 is 5.97 Å². The highest BCUT2D eigenvalue weighted by Crippen LogP contribution is 2.22. The predicted octanol–water partition coefficient (Wildman–Crippen LogP) is 3.00. The first-order valence-electron chi connectivity index (χ1n) is 5.35. The molecule has 0 aromatic heterocycles. The van der Waals surface area contributed by atoms with Crippen molar-refractivity contribution in [2.45, 2.75) is 39.5 Å². The van der Waals surface area contributed by atoms with Gasteiger partial charge in [-0.1, -0.05) is 31.6 Å². The number of hydrogen-bond acceptors (Lipinski definition) is 2. The van der Waals surface area contributed by atoms with Crippen molar-refractivity contribution in [1.82, 2.24) is 0 Å². The summed E-state index contributed by atoms with van der Waals surface area (Å²) >= 11 is 0. The van der Waals surface area contributed by atoms with Crippen molar-refractivity contribution >= 4 is 5.97 Å². The molecular formula is C12H18O2. The molecule has 1 aliphatic carbocycles. The fourth-order valence-electron chi connectivity index (χ4n) is 1.56. The minimum atomic E-state index is -0.153. The number of allylic oxidation sites excluding steroid dienone is 2. The number of carbonyl (C=O) groups excluding carboxylic acids is 1. The lowest BCUT2D eigenvalue weighted by molar-refractivity contribution is -0.138. The van der Waals surface area contributed by atoms with Crippen LogP contribution in [0.25, 0.3) is 0 Å². The normalized spacial score (nSPS) is 15.9. The summed E-state index contributed by atoms with van der Waals surface area (Å²) in [6.45, 7) is 4.61. The van der Waals surface area contributed by atoms with E-state index < -0.39 is 0 Å². The minimum absolute atomic E-state index is 0.153. The Hall–Kier alpha value is -1.05. The molecule has 14 heavy (non-hydrogen) atoms. The molecule has 2 heteroatoms. The molecule has 0 unspecified atom stereocenters. The average molecular weight is 194 g/mol. The number of ether oxygens (including phenoxy) is 1. The number of rotatable bonds is 4. The van der Waals surface area contributed by atoms with Crippen LogP contribution < -0.4 is 0 Å². The Balaban J connectivity index is 2.67. The van der Waals surface area contributed by atoms with Crippen molar-refractivity contribution in [3.8, 4) is 0 Å². The van der Waals surface area contributed by atoms with Crippen LogP contribution in [0.3, 0.4) is 0 Å². The third-order valence-corrected chi connectivity index (χ3v) is 2.36. The van der Waals surface area contributed by atoms with E-state index in [1.807, 2.05) is 19.1 Å². The Bertz CT molecular complexity index is 261. The fraction of sp³-hybridized carbons (Fsp3) is 0.583. The second-order valence-corrected chi connectivity index (χ2v) is 3.45. The third-order valence-electron chi connectivity index (χ3n) is 2.36. The molecule has 78 valence electrons. The summed E-state index contributed by atoms with van der Waals surface area (Å²) in [5.74, 6) is -0.153. The highest BCUT2D eigenvalue weighted by molar-refractivity contribution is 5.92. The Morgan fingerprint density at radius 1 is 1.50 bits per heavy atom. The molecule has 0 aliphatic heterocycles. The second-order valence-electron chi connectivity index (χ2n) is 3.45. The van der Waals surface area contributed by atoms with Crippen LogP contribution in [0.15, 0.2) is 23.3 Å². The van der Waals surface area contributed by atoms with Crippen molar-refractivity contribution in [2.75, 3.05) is 6.61 Å². The maximum absolute atomic E-state index is 11.6. The molecule has 0 bridgehead atoms. The van der Waals surface area contributed by atoms with Crippen LogP contribution in [0.1, 0.15) is 39.5 Å². The lowest BCUT2D eigenvalue weighted by Gasteiger charge is -2.13. The Kier molecular flexibility index (Phi) is 4.44. The molecular weight excluding hydrogens is 176 g/mol. The van der Waals surface area contributed by atoms with E-state index in [2.05, 4.69) is 6.92 Å². The smallest absolute Gasteiger partial charge is 0.338 e. The Morgan fingerprint density at radius 3 is 2.93 bits per heavy atom. The Morgan fingerprint density at radius 2 is 2.29 bits per heavy atom. The van der Waals surface area contributed by atoms with Gasteiger partial charge in [-0.15, -0.1) is 0 Å². The Labute approximate surface area is 85.6 Å². The minimum Gasteiger partial charge on any atom is -0.462 e. The first-order valence-corrected chi connectivity index (χ1v) is 5.35. The van der Waals surface area contributed by atoms with Crippen molar-refractivity contribution in [3.63, 3.8) is 0 Å². The molecule has 1 aliphatic rings. The van der Waals surface area contributed by atoms with Gasteiger partial charge in [0.15, 0.2) is 0 Å². The maximum Gasteiger partial charge on any atom is 0.338 e. The summed E-state index contributed by atoms with van der Waals surface area (Å²) in [5.41, 5.74) is 2.01. The molecule has 0 aromatic rings. The van der Waals surface area contributed by atoms with E-state index in [1.165, 1.54) is 5.57 Å². The van der Waals surface area contributed by atoms with E-state index in [4.69, 9.17) is 4.74 Å². The predicted molar refractivity (Wildman–Crippen MR) is 56.9 cm³/mol. The van der Waals surface area contributed by atoms with Gasteiger partial charge in [0.1, 0.15) is 0 Å². The highest BCUT2D eigenvalue weighted by atomic mass is 16.5. The van der Waals surface area contributed by atoms with Crippen LogP contribution in [-0.2, 0) is 9.53 Å². The molecule has 2 nitrogen and oxygen atoms in total. The summed E-state index contributed by atoms with van der Waals surface area (Å²) in [7, 11) is 0. The van der Waals surface area contributed by atoms with Gasteiger partial charge in [-0.2, -0.15) is 0 Å². The van der Waals surface area contributed by atoms with Crippen molar-refractivity contribution in [1.29, 1.82) is 0 Å². The molecule has 1 rings (SSSR count). The molecule has 0 saturated heterocycles. The number of carbonyl (C=O) groups is 1. The lowest BCUT2D eigenvalue weighted by Crippen LogP contribution is -2.11. The van der Waals surface area contributed by atoms with Crippen molar-refractivity contribution < 1.29 is 9.53 Å². The molecule has 0 radical (unpaired) electrons. The summed E-state index contributed by atoms with van der Waals surface area (Å²) in [6.07, 6.45) is 7.82. The number of esters is 1. The molecule has 0 fully saturated rings. The van der Waals surface area contributed by atoms with Gasteiger partial charge in [-0.05, 0) is 25.7 Å². The van der Waals surface area contributed by atoms with Crippen molar-refractivity contribution in [2.24, 2.45) is 0 Å². The topological polar surface area (TPSA) is 26.3 Å². The van der Waals surface area contributed by atoms with Gasteiger partial charge < -0.3 is 4.74 Å². The van der Waals surface area contributed by atoms with Crippen LogP contribution in [0, 0.1) is 0 Å². The van der Waals surface area contributed by atoms with Gasteiger partial charge in [0.05, 0.1) is 12.2 Å². The molecule has 0 spiro atoms. The number of hydrogen-bond donors (Lipinski definition) is 0. The van der Waals surface area contributed by atoms with Gasteiger partial charge in [-0.25, -0.2) is 4.79 Å². The van der Waals surface area contributed by atoms with Crippen LogP contribution in [0.2, 0.25) is 0 Å². The van der Waals surface area contributed by atoms with Gasteiger partial charge in [0.25, 0.3) is 0 Å². The standard InChI is InChI=1S/C12H18O2/c1-3-9-14-12(13)11-8-6-5-7-10(11)4-2/h6,8H,3-5,7,9H2,1-2H3. The summed E-state index contributed by atoms with van der Waals surface area (Å²) in [4.78, 5) is 11.6. The molecule has 0 aromatic carbocycles. The third kappa shape index (κ3) is 2.72. The first kappa shape index (κ1) is 11.0. The SMILES string of the molecule is CCCOC(=O)C1=C(CC)CCC=C1. The van der Waals surface area contributed by atoms with Gasteiger partial charge in [-0.3, -0.25) is 0 Å². The molecule has 0 amide bonds. The van der Waals surface area contributed by atoms with E-state index in [9.17, 15) is 4.79 Å². The quantitative estimate of drug-likeness (QED) is 0.643. The second kappa shape index (κ2) is 5.63. The molecule has 0 heterocycles. The first-order chi connectivity index (χ1) is 6.79. The zero-order valence-corrected chi connectivity index (χ0v) is 9.01. The van der Waals surface area contributed by atoms with E-state index in [0.29, 0.717) is 6.61 Å². The van der Waals surface area contributed by atoms with Gasteiger partial charge in [0, 0.05) is 0 Å². The molecule has 0 atom stereocenters. The van der Waals surface area contributed by atoms with Crippen LogP contribution in [-0.4, -0.2) is 12.6 Å². The van der Waals surface area contributed by atoms with E-state index in [-0.39, 0.29) is 5.97 Å². The highest BCUT2D eigenvalue weighted by Gasteiger charge is 2.14. The monoisotopic (exact) mass is 194 g/mol. The van der Waals surface area contributed by atoms with Crippen LogP contribution in [0.4, 0.5) is 0 Å². The summed E-state index contributed by atoms with van der Waals surface area (Å²) in [6, 6.07) is 0. The van der Waals surface area contributed by atoms with Crippen LogP contribution >= 0.6 is 0 Å². The van der Waals surface area contributed by atoms with E-state index in [0.717, 1.165) is 31.3 Å². The maximum atomic E-state index is 11.6. The van der Waals surface area contributed by atoms with Crippen molar-refractivity contribution in [3.05, 3.63) is 23.3 Å². The van der Waals surface area contributed by atoms with E-state index >= 15 is 0 Å². The van der Waals surface area contributed by atoms with Gasteiger partial charge in [0.2, 0.25) is 0 Å². The fourth-order valence-corrected chi connectivity index (χ4v) is 1.56. The average Bonchev–Trinajstić information content (AvgIpc) is 2.25. The lowest BCUT2D eigenvalue weighted by atomic mass is 9.96. The molecule has 0 N–H and O–H groups in total. The summed E-state index contributed by atoms with van der Waals surface area (Å²) < 4.78 is 5.11. The van der Waals surface area contributed by atoms with Crippen LogP contribution in [0.5, 0.6) is 0 Å². The summed E-state index contributed by atoms with van der Waals surface area (Å²) in [5, 5.41) is 0.